The predicted molar refractivity (Wildman–Crippen MR) is 76.2 cm³/mol. The van der Waals surface area contributed by atoms with Crippen molar-refractivity contribution in [1.29, 1.82) is 0 Å². The van der Waals surface area contributed by atoms with Crippen molar-refractivity contribution in [3.05, 3.63) is 17.0 Å². The van der Waals surface area contributed by atoms with Gasteiger partial charge in [0.05, 0.1) is 11.4 Å². The molecule has 2 rings (SSSR count). The molecule has 6 heteroatoms. The molecule has 1 unspecified atom stereocenters. The van der Waals surface area contributed by atoms with Crippen molar-refractivity contribution in [2.24, 2.45) is 0 Å². The zero-order valence-electron chi connectivity index (χ0n) is 11.5. The monoisotopic (exact) mass is 283 g/mol. The first-order valence-electron chi connectivity index (χ1n) is 6.66. The maximum absolute atomic E-state index is 11.7. The molecule has 0 radical (unpaired) electrons. The Balaban J connectivity index is 1.63. The van der Waals surface area contributed by atoms with Crippen LogP contribution in [0.2, 0.25) is 0 Å². The first-order chi connectivity index (χ1) is 9.16. The maximum Gasteiger partial charge on any atom is 0.230 e. The number of carbonyl (C=O) groups excluding carboxylic acids is 1. The highest BCUT2D eigenvalue weighted by molar-refractivity contribution is 7.99. The molecule has 106 valence electrons. The van der Waals surface area contributed by atoms with E-state index < -0.39 is 0 Å². The second-order valence-electron chi connectivity index (χ2n) is 4.89. The first-order valence-corrected chi connectivity index (χ1v) is 7.82. The Morgan fingerprint density at radius 3 is 3.05 bits per heavy atom. The van der Waals surface area contributed by atoms with E-state index in [1.165, 1.54) is 6.42 Å². The van der Waals surface area contributed by atoms with E-state index >= 15 is 0 Å². The van der Waals surface area contributed by atoms with Crippen LogP contribution in [0.25, 0.3) is 0 Å². The van der Waals surface area contributed by atoms with E-state index in [4.69, 9.17) is 4.52 Å². The van der Waals surface area contributed by atoms with Gasteiger partial charge < -0.3 is 15.2 Å². The third kappa shape index (κ3) is 4.24. The number of carbonyl (C=O) groups is 1. The molecule has 5 nitrogen and oxygen atoms in total. The number of aromatic nitrogens is 1. The Kier molecular flexibility index (Phi) is 5.27. The van der Waals surface area contributed by atoms with Crippen molar-refractivity contribution in [1.82, 2.24) is 15.8 Å². The van der Waals surface area contributed by atoms with Crippen LogP contribution in [-0.2, 0) is 10.5 Å². The normalized spacial score (nSPS) is 18.7. The zero-order valence-corrected chi connectivity index (χ0v) is 12.3. The molecule has 0 bridgehead atoms. The molecule has 0 saturated carbocycles. The molecule has 1 atom stereocenters. The van der Waals surface area contributed by atoms with Crippen LogP contribution in [-0.4, -0.2) is 35.9 Å². The number of nitrogens with zero attached hydrogens (tertiary/aromatic N) is 1. The van der Waals surface area contributed by atoms with Crippen LogP contribution in [0.1, 0.15) is 29.9 Å². The summed E-state index contributed by atoms with van der Waals surface area (Å²) in [4.78, 5) is 11.7. The van der Waals surface area contributed by atoms with Crippen molar-refractivity contribution in [2.45, 2.75) is 38.5 Å². The number of hydrogen-bond donors (Lipinski definition) is 2. The fourth-order valence-electron chi connectivity index (χ4n) is 2.17. The lowest BCUT2D eigenvalue weighted by Gasteiger charge is -2.11. The summed E-state index contributed by atoms with van der Waals surface area (Å²) in [6.07, 6.45) is 2.37. The molecule has 1 fully saturated rings. The van der Waals surface area contributed by atoms with Crippen LogP contribution in [0.4, 0.5) is 0 Å². The average Bonchev–Trinajstić information content (AvgIpc) is 3.00. The second kappa shape index (κ2) is 6.96. The van der Waals surface area contributed by atoms with E-state index in [2.05, 4.69) is 15.8 Å². The van der Waals surface area contributed by atoms with Gasteiger partial charge in [0.25, 0.3) is 0 Å². The van der Waals surface area contributed by atoms with Gasteiger partial charge in [-0.2, -0.15) is 0 Å². The molecule has 2 heterocycles. The van der Waals surface area contributed by atoms with E-state index in [1.807, 2.05) is 13.8 Å². The Morgan fingerprint density at radius 2 is 2.42 bits per heavy atom. The summed E-state index contributed by atoms with van der Waals surface area (Å²) in [6, 6.07) is 0.455. The van der Waals surface area contributed by atoms with Crippen LogP contribution < -0.4 is 10.6 Å². The molecule has 0 aromatic carbocycles. The van der Waals surface area contributed by atoms with Crippen molar-refractivity contribution in [2.75, 3.05) is 18.8 Å². The smallest absolute Gasteiger partial charge is 0.230 e. The first kappa shape index (κ1) is 14.4. The van der Waals surface area contributed by atoms with Crippen molar-refractivity contribution in [3.63, 3.8) is 0 Å². The molecule has 2 N–H and O–H groups in total. The summed E-state index contributed by atoms with van der Waals surface area (Å²) in [5.41, 5.74) is 2.02. The number of aryl methyl sites for hydroxylation is 2. The topological polar surface area (TPSA) is 67.2 Å². The lowest BCUT2D eigenvalue weighted by Crippen LogP contribution is -2.37. The third-order valence-electron chi connectivity index (χ3n) is 3.37. The summed E-state index contributed by atoms with van der Waals surface area (Å²) < 4.78 is 5.10. The van der Waals surface area contributed by atoms with Gasteiger partial charge in [0.2, 0.25) is 5.91 Å². The standard InChI is InChI=1S/C13H21N3O2S/c1-9-12(10(2)18-16-9)7-19-8-13(17)15-6-11-4-3-5-14-11/h11,14H,3-8H2,1-2H3,(H,15,17). The Labute approximate surface area is 117 Å². The van der Waals surface area contributed by atoms with E-state index in [1.54, 1.807) is 11.8 Å². The molecule has 1 amide bonds. The molecular weight excluding hydrogens is 262 g/mol. The van der Waals surface area contributed by atoms with Crippen molar-refractivity contribution >= 4 is 17.7 Å². The van der Waals surface area contributed by atoms with E-state index in [0.29, 0.717) is 11.8 Å². The van der Waals surface area contributed by atoms with Gasteiger partial charge >= 0.3 is 0 Å². The maximum atomic E-state index is 11.7. The van der Waals surface area contributed by atoms with E-state index in [0.717, 1.165) is 42.3 Å². The predicted octanol–water partition coefficient (Wildman–Crippen LogP) is 1.39. The van der Waals surface area contributed by atoms with Gasteiger partial charge in [0.15, 0.2) is 0 Å². The molecule has 1 aromatic heterocycles. The van der Waals surface area contributed by atoms with Crippen molar-refractivity contribution < 1.29 is 9.32 Å². The third-order valence-corrected chi connectivity index (χ3v) is 4.33. The highest BCUT2D eigenvalue weighted by atomic mass is 32.2. The second-order valence-corrected chi connectivity index (χ2v) is 5.88. The summed E-state index contributed by atoms with van der Waals surface area (Å²) in [7, 11) is 0. The van der Waals surface area contributed by atoms with Gasteiger partial charge in [-0.3, -0.25) is 4.79 Å². The van der Waals surface area contributed by atoms with E-state index in [-0.39, 0.29) is 5.91 Å². The fourth-order valence-corrected chi connectivity index (χ4v) is 3.18. The quantitative estimate of drug-likeness (QED) is 0.826. The molecule has 0 spiro atoms. The minimum Gasteiger partial charge on any atom is -0.361 e. The summed E-state index contributed by atoms with van der Waals surface area (Å²) >= 11 is 1.60. The van der Waals surface area contributed by atoms with Gasteiger partial charge in [-0.1, -0.05) is 5.16 Å². The van der Waals surface area contributed by atoms with Gasteiger partial charge in [0.1, 0.15) is 5.76 Å². The molecular formula is C13H21N3O2S. The lowest BCUT2D eigenvalue weighted by molar-refractivity contribution is -0.118. The van der Waals surface area contributed by atoms with Gasteiger partial charge in [-0.15, -0.1) is 11.8 Å². The number of nitrogens with one attached hydrogen (secondary N) is 2. The summed E-state index contributed by atoms with van der Waals surface area (Å²) in [5, 5.41) is 10.2. The van der Waals surface area contributed by atoms with Crippen LogP contribution in [0.15, 0.2) is 4.52 Å². The minimum atomic E-state index is 0.102. The highest BCUT2D eigenvalue weighted by Gasteiger charge is 2.15. The number of amides is 1. The van der Waals surface area contributed by atoms with Crippen LogP contribution >= 0.6 is 11.8 Å². The van der Waals surface area contributed by atoms with Crippen LogP contribution in [0, 0.1) is 13.8 Å². The number of hydrogen-bond acceptors (Lipinski definition) is 5. The van der Waals surface area contributed by atoms with Gasteiger partial charge in [-0.05, 0) is 33.2 Å². The lowest BCUT2D eigenvalue weighted by atomic mass is 10.2. The minimum absolute atomic E-state index is 0.102. The molecule has 1 aliphatic heterocycles. The Bertz CT molecular complexity index is 408. The average molecular weight is 283 g/mol. The van der Waals surface area contributed by atoms with Gasteiger partial charge in [0, 0.05) is 23.9 Å². The Morgan fingerprint density at radius 1 is 1.58 bits per heavy atom. The summed E-state index contributed by atoms with van der Waals surface area (Å²) in [5.74, 6) is 2.21. The van der Waals surface area contributed by atoms with Crippen LogP contribution in [0.3, 0.4) is 0 Å². The number of rotatable bonds is 6. The zero-order chi connectivity index (χ0) is 13.7. The highest BCUT2D eigenvalue weighted by Crippen LogP contribution is 2.19. The van der Waals surface area contributed by atoms with Crippen LogP contribution in [0.5, 0.6) is 0 Å². The molecule has 1 saturated heterocycles. The van der Waals surface area contributed by atoms with E-state index in [9.17, 15) is 4.79 Å². The molecule has 19 heavy (non-hydrogen) atoms. The Hall–Kier alpha value is -1.01. The fraction of sp³-hybridized carbons (Fsp3) is 0.692. The molecule has 0 aliphatic carbocycles. The largest absolute Gasteiger partial charge is 0.361 e. The van der Waals surface area contributed by atoms with Gasteiger partial charge in [-0.25, -0.2) is 0 Å². The molecule has 1 aliphatic rings. The summed E-state index contributed by atoms with van der Waals surface area (Å²) in [6.45, 7) is 5.64. The molecule has 1 aromatic rings. The SMILES string of the molecule is Cc1noc(C)c1CSCC(=O)NCC1CCCN1. The number of thioether (sulfide) groups is 1. The van der Waals surface area contributed by atoms with Crippen molar-refractivity contribution in [3.8, 4) is 0 Å².